The molecular formula is C31H35N5O4. The highest BCUT2D eigenvalue weighted by molar-refractivity contribution is 5.91. The Morgan fingerprint density at radius 2 is 1.55 bits per heavy atom. The summed E-state index contributed by atoms with van der Waals surface area (Å²) in [6.07, 6.45) is 1.23. The van der Waals surface area contributed by atoms with Crippen molar-refractivity contribution in [3.05, 3.63) is 102 Å². The lowest BCUT2D eigenvalue weighted by atomic mass is 9.98. The fourth-order valence-electron chi connectivity index (χ4n) is 5.53. The predicted octanol–water partition coefficient (Wildman–Crippen LogP) is 3.01. The summed E-state index contributed by atoms with van der Waals surface area (Å²) in [6, 6.07) is 25.4. The summed E-state index contributed by atoms with van der Waals surface area (Å²) in [5.41, 5.74) is 2.99. The Morgan fingerprint density at radius 1 is 0.900 bits per heavy atom. The molecule has 2 saturated heterocycles. The van der Waals surface area contributed by atoms with E-state index in [2.05, 4.69) is 17.4 Å². The van der Waals surface area contributed by atoms with Gasteiger partial charge in [-0.1, -0.05) is 72.8 Å². The van der Waals surface area contributed by atoms with Gasteiger partial charge in [0.25, 0.3) is 0 Å². The molecule has 0 aliphatic carbocycles. The second-order valence-electron chi connectivity index (χ2n) is 10.3. The molecule has 2 fully saturated rings. The van der Waals surface area contributed by atoms with Gasteiger partial charge in [0.2, 0.25) is 11.8 Å². The molecule has 9 nitrogen and oxygen atoms in total. The fraction of sp³-hybridized carbons (Fsp3) is 0.323. The molecule has 0 spiro atoms. The minimum atomic E-state index is -0.759. The van der Waals surface area contributed by atoms with Gasteiger partial charge in [-0.25, -0.2) is 14.8 Å². The van der Waals surface area contributed by atoms with Gasteiger partial charge < -0.3 is 20.2 Å². The smallest absolute Gasteiger partial charge is 0.334 e. The van der Waals surface area contributed by atoms with Gasteiger partial charge in [0.1, 0.15) is 18.0 Å². The molecule has 2 heterocycles. The summed E-state index contributed by atoms with van der Waals surface area (Å²) >= 11 is 0. The van der Waals surface area contributed by atoms with Crippen molar-refractivity contribution < 1.29 is 19.5 Å². The molecule has 208 valence electrons. The van der Waals surface area contributed by atoms with Crippen molar-refractivity contribution in [2.75, 3.05) is 26.7 Å². The molecule has 0 aromatic heterocycles. The van der Waals surface area contributed by atoms with Crippen LogP contribution in [0.1, 0.15) is 23.1 Å². The number of hydrogen-bond acceptors (Lipinski definition) is 5. The van der Waals surface area contributed by atoms with Gasteiger partial charge >= 0.3 is 6.03 Å². The Bertz CT molecular complexity index is 1320. The van der Waals surface area contributed by atoms with Gasteiger partial charge in [0.15, 0.2) is 0 Å². The maximum Gasteiger partial charge on any atom is 0.334 e. The summed E-state index contributed by atoms with van der Waals surface area (Å²) in [4.78, 5) is 44.2. The number of phenolic OH excluding ortho intramolecular Hbond substituents is 1. The maximum absolute atomic E-state index is 13.9. The maximum atomic E-state index is 13.9. The number of piperazine rings is 1. The average molecular weight is 542 g/mol. The number of hydrogen-bond donors (Lipinski definition) is 2. The van der Waals surface area contributed by atoms with Crippen LogP contribution in [0.5, 0.6) is 5.75 Å². The van der Waals surface area contributed by atoms with Crippen molar-refractivity contribution in [1.29, 1.82) is 0 Å². The highest BCUT2D eigenvalue weighted by atomic mass is 16.3. The molecule has 4 amide bonds. The van der Waals surface area contributed by atoms with Gasteiger partial charge in [0.05, 0.1) is 13.1 Å². The first-order valence-electron chi connectivity index (χ1n) is 13.6. The van der Waals surface area contributed by atoms with Crippen LogP contribution >= 0.6 is 0 Å². The van der Waals surface area contributed by atoms with Crippen LogP contribution in [0.15, 0.2) is 84.9 Å². The summed E-state index contributed by atoms with van der Waals surface area (Å²) in [5.74, 6) is -0.184. The fourth-order valence-corrected chi connectivity index (χ4v) is 5.53. The molecule has 9 heteroatoms. The number of aromatic hydroxyl groups is 1. The molecule has 0 saturated carbocycles. The Morgan fingerprint density at radius 3 is 2.23 bits per heavy atom. The molecule has 0 radical (unpaired) electrons. The van der Waals surface area contributed by atoms with Crippen LogP contribution in [-0.4, -0.2) is 81.7 Å². The van der Waals surface area contributed by atoms with Crippen LogP contribution in [0.3, 0.4) is 0 Å². The molecule has 2 N–H and O–H groups in total. The highest BCUT2D eigenvalue weighted by Crippen LogP contribution is 2.28. The second-order valence-corrected chi connectivity index (χ2v) is 10.3. The number of fused-ring (bicyclic) bond motifs is 1. The number of aryl methyl sites for hydroxylation is 1. The number of rotatable bonds is 8. The van der Waals surface area contributed by atoms with E-state index in [0.29, 0.717) is 19.5 Å². The Kier molecular flexibility index (Phi) is 8.31. The van der Waals surface area contributed by atoms with Crippen LogP contribution in [0.2, 0.25) is 0 Å². The molecule has 3 aromatic carbocycles. The number of hydrazine groups is 1. The van der Waals surface area contributed by atoms with Crippen molar-refractivity contribution in [3.8, 4) is 5.75 Å². The zero-order chi connectivity index (χ0) is 28.1. The van der Waals surface area contributed by atoms with E-state index in [4.69, 9.17) is 0 Å². The molecule has 5 rings (SSSR count). The number of amides is 4. The van der Waals surface area contributed by atoms with Gasteiger partial charge in [-0.05, 0) is 41.7 Å². The highest BCUT2D eigenvalue weighted by Gasteiger charge is 2.50. The predicted molar refractivity (Wildman–Crippen MR) is 151 cm³/mol. The Labute approximate surface area is 234 Å². The van der Waals surface area contributed by atoms with Crippen LogP contribution in [0, 0.1) is 0 Å². The molecule has 0 unspecified atom stereocenters. The van der Waals surface area contributed by atoms with Crippen LogP contribution in [0.25, 0.3) is 0 Å². The van der Waals surface area contributed by atoms with Gasteiger partial charge in [-0.2, -0.15) is 0 Å². The largest absolute Gasteiger partial charge is 0.508 e. The Balaban J connectivity index is 1.39. The van der Waals surface area contributed by atoms with E-state index in [1.165, 1.54) is 5.56 Å². The number of carbonyl (C=O) groups excluding carboxylic acids is 3. The van der Waals surface area contributed by atoms with E-state index in [-0.39, 0.29) is 36.7 Å². The van der Waals surface area contributed by atoms with Crippen LogP contribution in [0.4, 0.5) is 4.79 Å². The third kappa shape index (κ3) is 6.10. The summed E-state index contributed by atoms with van der Waals surface area (Å²) in [6.45, 7) is 1.08. The molecule has 3 aromatic rings. The second kappa shape index (κ2) is 12.2. The molecule has 0 bridgehead atoms. The van der Waals surface area contributed by atoms with Crippen molar-refractivity contribution in [2.45, 2.75) is 38.0 Å². The van der Waals surface area contributed by atoms with Crippen LogP contribution < -0.4 is 5.32 Å². The molecule has 40 heavy (non-hydrogen) atoms. The number of nitrogens with zero attached hydrogens (tertiary/aromatic N) is 4. The minimum Gasteiger partial charge on any atom is -0.508 e. The van der Waals surface area contributed by atoms with Crippen molar-refractivity contribution >= 4 is 17.8 Å². The lowest BCUT2D eigenvalue weighted by Gasteiger charge is -2.54. The first kappa shape index (κ1) is 27.2. The number of phenols is 1. The molecular weight excluding hydrogens is 506 g/mol. The number of urea groups is 1. The van der Waals surface area contributed by atoms with Gasteiger partial charge in [0, 0.05) is 26.6 Å². The molecule has 2 aliphatic heterocycles. The lowest BCUT2D eigenvalue weighted by molar-refractivity contribution is -0.186. The third-order valence-corrected chi connectivity index (χ3v) is 7.54. The zero-order valence-corrected chi connectivity index (χ0v) is 22.6. The van der Waals surface area contributed by atoms with Crippen molar-refractivity contribution in [1.82, 2.24) is 25.1 Å². The van der Waals surface area contributed by atoms with E-state index >= 15 is 0 Å². The number of benzene rings is 3. The van der Waals surface area contributed by atoms with Crippen LogP contribution in [-0.2, 0) is 29.0 Å². The third-order valence-electron chi connectivity index (χ3n) is 7.54. The summed E-state index contributed by atoms with van der Waals surface area (Å²) < 4.78 is 0. The normalized spacial score (nSPS) is 19.5. The average Bonchev–Trinajstić information content (AvgIpc) is 2.96. The first-order valence-corrected chi connectivity index (χ1v) is 13.6. The Hall–Kier alpha value is -4.37. The summed E-state index contributed by atoms with van der Waals surface area (Å²) in [5, 5.41) is 15.9. The van der Waals surface area contributed by atoms with Gasteiger partial charge in [-0.15, -0.1) is 0 Å². The standard InChI is InChI=1S/C31H35N5O4/c1-33-22-29(38)35-27(19-24-14-16-26(37)17-15-24)30(39)34(18-8-13-23-9-4-2-5-10-23)21-28(35)36(33)31(40)32-20-25-11-6-3-7-12-25/h2-7,9-12,14-17,27-28,37H,8,13,18-22H2,1H3,(H,32,40)/t27-,28-/m0/s1. The number of carbonyl (C=O) groups is 3. The van der Waals surface area contributed by atoms with Gasteiger partial charge in [-0.3, -0.25) is 9.59 Å². The molecule has 2 atom stereocenters. The minimum absolute atomic E-state index is 0.0113. The zero-order valence-electron chi connectivity index (χ0n) is 22.6. The first-order chi connectivity index (χ1) is 19.4. The summed E-state index contributed by atoms with van der Waals surface area (Å²) in [7, 11) is 1.72. The monoisotopic (exact) mass is 541 g/mol. The van der Waals surface area contributed by atoms with Crippen molar-refractivity contribution in [2.24, 2.45) is 0 Å². The van der Waals surface area contributed by atoms with E-state index < -0.39 is 12.2 Å². The van der Waals surface area contributed by atoms with E-state index in [9.17, 15) is 19.5 Å². The SMILES string of the molecule is CN1CC(=O)N2[C@@H](Cc3ccc(O)cc3)C(=O)N(CCCc3ccccc3)C[C@@H]2N1C(=O)NCc1ccccc1. The van der Waals surface area contributed by atoms with E-state index in [0.717, 1.165) is 24.0 Å². The number of likely N-dealkylation sites (N-methyl/N-ethyl adjacent to an activating group) is 1. The lowest BCUT2D eigenvalue weighted by Crippen LogP contribution is -2.76. The quantitative estimate of drug-likeness (QED) is 0.457. The van der Waals surface area contributed by atoms with Crippen molar-refractivity contribution in [3.63, 3.8) is 0 Å². The number of nitrogens with one attached hydrogen (secondary N) is 1. The molecule has 2 aliphatic rings. The topological polar surface area (TPSA) is 96.4 Å². The van der Waals surface area contributed by atoms with E-state index in [1.807, 2.05) is 48.5 Å². The van der Waals surface area contributed by atoms with E-state index in [1.54, 1.807) is 51.1 Å².